The standard InChI is InChI=1S/C24H25ClN2O6S/c1-31-21-11-9-17(14-19(21)25)26-24(28)20(13-16-7-5-4-6-8-16)27-34(29,30)18-10-12-22(32-2)23(15-18)33-3/h4-12,14-15,20,27H,13H2,1-3H3,(H,26,28)/t20-/m0/s1. The van der Waals surface area contributed by atoms with Crippen molar-refractivity contribution in [2.75, 3.05) is 26.6 Å². The van der Waals surface area contributed by atoms with Gasteiger partial charge in [-0.05, 0) is 42.3 Å². The van der Waals surface area contributed by atoms with E-state index in [9.17, 15) is 13.2 Å². The third kappa shape index (κ3) is 6.19. The maximum atomic E-state index is 13.2. The quantitative estimate of drug-likeness (QED) is 0.434. The summed E-state index contributed by atoms with van der Waals surface area (Å²) in [4.78, 5) is 13.1. The summed E-state index contributed by atoms with van der Waals surface area (Å²) in [6.07, 6.45) is 0.128. The molecule has 0 spiro atoms. The lowest BCUT2D eigenvalue weighted by molar-refractivity contribution is -0.117. The van der Waals surface area contributed by atoms with E-state index in [0.717, 1.165) is 5.56 Å². The third-order valence-corrected chi connectivity index (χ3v) is 6.75. The van der Waals surface area contributed by atoms with Crippen molar-refractivity contribution < 1.29 is 27.4 Å². The normalized spacial score (nSPS) is 12.0. The first-order chi connectivity index (χ1) is 16.3. The number of amides is 1. The fourth-order valence-corrected chi connectivity index (χ4v) is 4.72. The molecular weight excluding hydrogens is 480 g/mol. The van der Waals surface area contributed by atoms with Crippen molar-refractivity contribution >= 4 is 33.2 Å². The van der Waals surface area contributed by atoms with Gasteiger partial charge in [-0.1, -0.05) is 41.9 Å². The van der Waals surface area contributed by atoms with Gasteiger partial charge in [0.15, 0.2) is 11.5 Å². The van der Waals surface area contributed by atoms with Crippen LogP contribution in [0.15, 0.2) is 71.6 Å². The maximum absolute atomic E-state index is 13.2. The second kappa shape index (κ2) is 11.2. The molecule has 0 aliphatic carbocycles. The molecule has 3 rings (SSSR count). The van der Waals surface area contributed by atoms with Crippen molar-refractivity contribution in [1.82, 2.24) is 4.72 Å². The second-order valence-electron chi connectivity index (χ2n) is 7.22. The molecule has 8 nitrogen and oxygen atoms in total. The second-order valence-corrected chi connectivity index (χ2v) is 9.34. The number of rotatable bonds is 10. The Bertz CT molecular complexity index is 1250. The Hall–Kier alpha value is -3.27. The number of benzene rings is 3. The molecule has 0 heterocycles. The Morgan fingerprint density at radius 1 is 0.882 bits per heavy atom. The minimum absolute atomic E-state index is 0.0662. The Morgan fingerprint density at radius 3 is 2.15 bits per heavy atom. The summed E-state index contributed by atoms with van der Waals surface area (Å²) in [7, 11) is 0.263. The minimum Gasteiger partial charge on any atom is -0.495 e. The Labute approximate surface area is 203 Å². The van der Waals surface area contributed by atoms with Gasteiger partial charge in [0.1, 0.15) is 11.8 Å². The lowest BCUT2D eigenvalue weighted by Crippen LogP contribution is -2.45. The number of methoxy groups -OCH3 is 3. The lowest BCUT2D eigenvalue weighted by atomic mass is 10.1. The lowest BCUT2D eigenvalue weighted by Gasteiger charge is -2.19. The van der Waals surface area contributed by atoms with Crippen LogP contribution in [-0.2, 0) is 21.2 Å². The fraction of sp³-hybridized carbons (Fsp3) is 0.208. The zero-order chi connectivity index (χ0) is 24.7. The first-order valence-corrected chi connectivity index (χ1v) is 12.1. The van der Waals surface area contributed by atoms with Crippen molar-refractivity contribution in [3.05, 3.63) is 77.3 Å². The molecule has 0 saturated carbocycles. The summed E-state index contributed by atoms with van der Waals surface area (Å²) < 4.78 is 44.4. The van der Waals surface area contributed by atoms with E-state index >= 15 is 0 Å². The van der Waals surface area contributed by atoms with Crippen molar-refractivity contribution in [2.45, 2.75) is 17.4 Å². The molecule has 0 fully saturated rings. The molecule has 3 aromatic rings. The van der Waals surface area contributed by atoms with E-state index in [-0.39, 0.29) is 17.1 Å². The largest absolute Gasteiger partial charge is 0.495 e. The molecule has 0 bridgehead atoms. The molecule has 0 saturated heterocycles. The number of nitrogens with one attached hydrogen (secondary N) is 2. The highest BCUT2D eigenvalue weighted by atomic mass is 35.5. The number of hydrogen-bond acceptors (Lipinski definition) is 6. The van der Waals surface area contributed by atoms with Crippen LogP contribution in [0.4, 0.5) is 5.69 Å². The Balaban J connectivity index is 1.89. The predicted octanol–water partition coefficient (Wildman–Crippen LogP) is 3.89. The summed E-state index contributed by atoms with van der Waals surface area (Å²) in [5, 5.41) is 3.03. The van der Waals surface area contributed by atoms with Crippen LogP contribution in [0.25, 0.3) is 0 Å². The molecule has 1 amide bonds. The molecule has 0 aromatic heterocycles. The van der Waals surface area contributed by atoms with E-state index in [0.29, 0.717) is 22.2 Å². The van der Waals surface area contributed by atoms with Crippen LogP contribution in [0.1, 0.15) is 5.56 Å². The molecule has 34 heavy (non-hydrogen) atoms. The Morgan fingerprint density at radius 2 is 1.53 bits per heavy atom. The van der Waals surface area contributed by atoms with E-state index in [1.54, 1.807) is 12.1 Å². The van der Waals surface area contributed by atoms with Crippen molar-refractivity contribution in [1.29, 1.82) is 0 Å². The fourth-order valence-electron chi connectivity index (χ4n) is 3.25. The van der Waals surface area contributed by atoms with E-state index in [1.165, 1.54) is 45.6 Å². The molecule has 0 aliphatic heterocycles. The van der Waals surface area contributed by atoms with Gasteiger partial charge < -0.3 is 19.5 Å². The molecule has 0 radical (unpaired) electrons. The monoisotopic (exact) mass is 504 g/mol. The highest BCUT2D eigenvalue weighted by Crippen LogP contribution is 2.30. The summed E-state index contributed by atoms with van der Waals surface area (Å²) in [6.45, 7) is 0. The average Bonchev–Trinajstić information content (AvgIpc) is 2.83. The van der Waals surface area contributed by atoms with Gasteiger partial charge in [0, 0.05) is 11.8 Å². The number of halogens is 1. The third-order valence-electron chi connectivity index (χ3n) is 4.98. The maximum Gasteiger partial charge on any atom is 0.242 e. The van der Waals surface area contributed by atoms with Crippen molar-refractivity contribution in [3.63, 3.8) is 0 Å². The van der Waals surface area contributed by atoms with Crippen LogP contribution in [0.2, 0.25) is 5.02 Å². The van der Waals surface area contributed by atoms with Gasteiger partial charge in [-0.25, -0.2) is 8.42 Å². The number of sulfonamides is 1. The van der Waals surface area contributed by atoms with Gasteiger partial charge in [0.05, 0.1) is 31.2 Å². The predicted molar refractivity (Wildman–Crippen MR) is 130 cm³/mol. The zero-order valence-electron chi connectivity index (χ0n) is 18.9. The smallest absolute Gasteiger partial charge is 0.242 e. The van der Waals surface area contributed by atoms with Crippen LogP contribution >= 0.6 is 11.6 Å². The average molecular weight is 505 g/mol. The van der Waals surface area contributed by atoms with E-state index in [1.807, 2.05) is 30.3 Å². The summed E-state index contributed by atoms with van der Waals surface area (Å²) in [5.74, 6) is 0.544. The number of carbonyl (C=O) groups is 1. The zero-order valence-corrected chi connectivity index (χ0v) is 20.4. The van der Waals surface area contributed by atoms with Gasteiger partial charge in [-0.2, -0.15) is 4.72 Å². The van der Waals surface area contributed by atoms with E-state index in [4.69, 9.17) is 25.8 Å². The van der Waals surface area contributed by atoms with Crippen molar-refractivity contribution in [3.8, 4) is 17.2 Å². The molecule has 1 atom stereocenters. The highest BCUT2D eigenvalue weighted by Gasteiger charge is 2.27. The number of ether oxygens (including phenoxy) is 3. The molecular formula is C24H25ClN2O6S. The van der Waals surface area contributed by atoms with Gasteiger partial charge >= 0.3 is 0 Å². The van der Waals surface area contributed by atoms with Crippen LogP contribution in [0.5, 0.6) is 17.2 Å². The molecule has 2 N–H and O–H groups in total. The molecule has 10 heteroatoms. The SMILES string of the molecule is COc1ccc(NC(=O)[C@H](Cc2ccccc2)NS(=O)(=O)c2ccc(OC)c(OC)c2)cc1Cl. The summed E-state index contributed by atoms with van der Waals surface area (Å²) in [6, 6.07) is 16.9. The van der Waals surface area contributed by atoms with Gasteiger partial charge in [0.2, 0.25) is 15.9 Å². The topological polar surface area (TPSA) is 103 Å². The van der Waals surface area contributed by atoms with Gasteiger partial charge in [-0.15, -0.1) is 0 Å². The summed E-state index contributed by atoms with van der Waals surface area (Å²) in [5.41, 5.74) is 1.18. The number of anilines is 1. The molecule has 3 aromatic carbocycles. The van der Waals surface area contributed by atoms with Crippen LogP contribution in [0.3, 0.4) is 0 Å². The van der Waals surface area contributed by atoms with E-state index in [2.05, 4.69) is 10.0 Å². The first kappa shape index (κ1) is 25.4. The van der Waals surface area contributed by atoms with Gasteiger partial charge in [0.25, 0.3) is 0 Å². The highest BCUT2D eigenvalue weighted by molar-refractivity contribution is 7.89. The van der Waals surface area contributed by atoms with Crippen LogP contribution in [0, 0.1) is 0 Å². The first-order valence-electron chi connectivity index (χ1n) is 10.2. The van der Waals surface area contributed by atoms with Crippen LogP contribution < -0.4 is 24.2 Å². The molecule has 0 aliphatic rings. The van der Waals surface area contributed by atoms with E-state index < -0.39 is 22.0 Å². The number of hydrogen-bond donors (Lipinski definition) is 2. The molecule has 180 valence electrons. The van der Waals surface area contributed by atoms with Crippen molar-refractivity contribution in [2.24, 2.45) is 0 Å². The number of carbonyl (C=O) groups excluding carboxylic acids is 1. The minimum atomic E-state index is -4.09. The van der Waals surface area contributed by atoms with Crippen LogP contribution in [-0.4, -0.2) is 41.7 Å². The molecule has 0 unspecified atom stereocenters. The van der Waals surface area contributed by atoms with Gasteiger partial charge in [-0.3, -0.25) is 4.79 Å². The summed E-state index contributed by atoms with van der Waals surface area (Å²) >= 11 is 6.15. The Kier molecular flexibility index (Phi) is 8.38.